The zero-order valence-electron chi connectivity index (χ0n) is 15.0. The molecule has 0 unspecified atom stereocenters. The number of ether oxygens (including phenoxy) is 1. The van der Waals surface area contributed by atoms with E-state index in [4.69, 9.17) is 4.74 Å². The summed E-state index contributed by atoms with van der Waals surface area (Å²) in [7, 11) is 0. The number of nitrogens with zero attached hydrogens (tertiary/aromatic N) is 3. The molecule has 2 aromatic rings. The van der Waals surface area contributed by atoms with Crippen LogP contribution < -0.4 is 10.1 Å². The van der Waals surface area contributed by atoms with Gasteiger partial charge in [-0.05, 0) is 29.8 Å². The number of hydrogen-bond donors (Lipinski definition) is 1. The summed E-state index contributed by atoms with van der Waals surface area (Å²) in [5.41, 5.74) is 1.87. The molecular formula is C20H22N4O3. The number of carbonyl (C=O) groups is 2. The molecule has 1 aromatic carbocycles. The van der Waals surface area contributed by atoms with Crippen molar-refractivity contribution < 1.29 is 14.3 Å². The first-order chi connectivity index (χ1) is 13.2. The third-order valence-electron chi connectivity index (χ3n) is 4.95. The topological polar surface area (TPSA) is 74.8 Å². The maximum absolute atomic E-state index is 12.6. The average Bonchev–Trinajstić information content (AvgIpc) is 2.70. The fourth-order valence-corrected chi connectivity index (χ4v) is 3.42. The minimum absolute atomic E-state index is 0.0434. The normalized spacial score (nSPS) is 19.8. The van der Waals surface area contributed by atoms with Crippen molar-refractivity contribution >= 4 is 17.5 Å². The molecule has 1 fully saturated rings. The van der Waals surface area contributed by atoms with E-state index in [2.05, 4.69) is 15.2 Å². The lowest BCUT2D eigenvalue weighted by Crippen LogP contribution is -2.50. The molecule has 27 heavy (non-hydrogen) atoms. The van der Waals surface area contributed by atoms with Gasteiger partial charge in [-0.3, -0.25) is 19.5 Å². The van der Waals surface area contributed by atoms with E-state index in [1.54, 1.807) is 24.5 Å². The minimum atomic E-state index is -0.776. The third-order valence-corrected chi connectivity index (χ3v) is 4.95. The van der Waals surface area contributed by atoms with Crippen LogP contribution in [0.25, 0.3) is 0 Å². The lowest BCUT2D eigenvalue weighted by molar-refractivity contribution is -0.138. The maximum atomic E-state index is 12.6. The Morgan fingerprint density at radius 2 is 1.85 bits per heavy atom. The number of anilines is 1. The number of fused-ring (bicyclic) bond motifs is 1. The van der Waals surface area contributed by atoms with Crippen molar-refractivity contribution in [3.8, 4) is 5.75 Å². The van der Waals surface area contributed by atoms with E-state index in [0.29, 0.717) is 24.5 Å². The second-order valence-electron chi connectivity index (χ2n) is 6.81. The van der Waals surface area contributed by atoms with Crippen molar-refractivity contribution in [1.82, 2.24) is 14.8 Å². The number of benzene rings is 1. The summed E-state index contributed by atoms with van der Waals surface area (Å²) in [5.74, 6) is 0.300. The van der Waals surface area contributed by atoms with Gasteiger partial charge in [0.1, 0.15) is 5.75 Å². The maximum Gasteiger partial charge on any atom is 0.266 e. The number of pyridine rings is 1. The Morgan fingerprint density at radius 3 is 2.63 bits per heavy atom. The molecule has 1 atom stereocenters. The first-order valence-corrected chi connectivity index (χ1v) is 9.14. The number of carbonyl (C=O) groups excluding carboxylic acids is 2. The molecule has 140 valence electrons. The number of piperazine rings is 1. The van der Waals surface area contributed by atoms with Gasteiger partial charge in [0.15, 0.2) is 6.10 Å². The van der Waals surface area contributed by atoms with Crippen LogP contribution in [-0.2, 0) is 16.1 Å². The summed E-state index contributed by atoms with van der Waals surface area (Å²) >= 11 is 0. The standard InChI is InChI=1S/C20H22N4O3/c25-19(13-18-20(26)22-16-3-1-2-4-17(16)27-18)24-11-9-23(10-12-24)14-15-5-7-21-8-6-15/h1-8,18H,9-14H2,(H,22,26)/t18-/m0/s1. The van der Waals surface area contributed by atoms with E-state index in [1.165, 1.54) is 5.56 Å². The molecule has 1 aromatic heterocycles. The molecule has 0 aliphatic carbocycles. The fraction of sp³-hybridized carbons (Fsp3) is 0.350. The Hall–Kier alpha value is -2.93. The average molecular weight is 366 g/mol. The Kier molecular flexibility index (Phi) is 5.02. The quantitative estimate of drug-likeness (QED) is 0.888. The zero-order valence-corrected chi connectivity index (χ0v) is 15.0. The van der Waals surface area contributed by atoms with Crippen LogP contribution in [0.5, 0.6) is 5.75 Å². The van der Waals surface area contributed by atoms with Gasteiger partial charge in [-0.15, -0.1) is 0 Å². The van der Waals surface area contributed by atoms with Crippen molar-refractivity contribution in [2.24, 2.45) is 0 Å². The van der Waals surface area contributed by atoms with Crippen molar-refractivity contribution in [1.29, 1.82) is 0 Å². The smallest absolute Gasteiger partial charge is 0.266 e. The van der Waals surface area contributed by atoms with Crippen LogP contribution in [0.15, 0.2) is 48.8 Å². The molecule has 7 nitrogen and oxygen atoms in total. The monoisotopic (exact) mass is 366 g/mol. The third kappa shape index (κ3) is 4.09. The van der Waals surface area contributed by atoms with Gasteiger partial charge >= 0.3 is 0 Å². The van der Waals surface area contributed by atoms with E-state index in [1.807, 2.05) is 29.2 Å². The van der Waals surface area contributed by atoms with E-state index in [-0.39, 0.29) is 18.2 Å². The molecule has 3 heterocycles. The Morgan fingerprint density at radius 1 is 1.11 bits per heavy atom. The minimum Gasteiger partial charge on any atom is -0.478 e. The van der Waals surface area contributed by atoms with Crippen LogP contribution in [0.1, 0.15) is 12.0 Å². The molecule has 0 saturated carbocycles. The summed E-state index contributed by atoms with van der Waals surface area (Å²) in [6.07, 6.45) is 2.87. The van der Waals surface area contributed by atoms with Crippen molar-refractivity contribution in [2.75, 3.05) is 31.5 Å². The molecule has 2 aliphatic heterocycles. The van der Waals surface area contributed by atoms with Gasteiger partial charge < -0.3 is 15.0 Å². The SMILES string of the molecule is O=C1Nc2ccccc2O[C@H]1CC(=O)N1CCN(Cc2ccncc2)CC1. The lowest BCUT2D eigenvalue weighted by atomic mass is 10.1. The van der Waals surface area contributed by atoms with Crippen LogP contribution in [-0.4, -0.2) is 58.9 Å². The fourth-order valence-electron chi connectivity index (χ4n) is 3.42. The Bertz CT molecular complexity index is 819. The Labute approximate surface area is 157 Å². The number of nitrogens with one attached hydrogen (secondary N) is 1. The lowest BCUT2D eigenvalue weighted by Gasteiger charge is -2.35. The van der Waals surface area contributed by atoms with E-state index in [9.17, 15) is 9.59 Å². The van der Waals surface area contributed by atoms with Crippen LogP contribution in [0.3, 0.4) is 0 Å². The number of aromatic nitrogens is 1. The summed E-state index contributed by atoms with van der Waals surface area (Å²) in [6.45, 7) is 3.81. The van der Waals surface area contributed by atoms with Gasteiger partial charge in [0.2, 0.25) is 5.91 Å². The highest BCUT2D eigenvalue weighted by molar-refractivity contribution is 5.99. The Balaban J connectivity index is 1.29. The molecule has 1 saturated heterocycles. The molecule has 0 bridgehead atoms. The highest BCUT2D eigenvalue weighted by atomic mass is 16.5. The predicted octanol–water partition coefficient (Wildman–Crippen LogP) is 1.52. The molecule has 0 radical (unpaired) electrons. The van der Waals surface area contributed by atoms with Gasteiger partial charge in [-0.25, -0.2) is 0 Å². The van der Waals surface area contributed by atoms with Gasteiger partial charge in [0.05, 0.1) is 12.1 Å². The summed E-state index contributed by atoms with van der Waals surface area (Å²) in [5, 5.41) is 2.80. The van der Waals surface area contributed by atoms with Gasteiger partial charge in [-0.2, -0.15) is 0 Å². The number of hydrogen-bond acceptors (Lipinski definition) is 5. The van der Waals surface area contributed by atoms with Crippen LogP contribution in [0.4, 0.5) is 5.69 Å². The second-order valence-corrected chi connectivity index (χ2v) is 6.81. The molecule has 2 aliphatic rings. The molecule has 4 rings (SSSR count). The van der Waals surface area contributed by atoms with Gasteiger partial charge in [0.25, 0.3) is 5.91 Å². The van der Waals surface area contributed by atoms with Crippen LogP contribution in [0, 0.1) is 0 Å². The summed E-state index contributed by atoms with van der Waals surface area (Å²) < 4.78 is 5.73. The number of para-hydroxylation sites is 2. The van der Waals surface area contributed by atoms with E-state index < -0.39 is 6.10 Å². The van der Waals surface area contributed by atoms with Crippen LogP contribution >= 0.6 is 0 Å². The second kappa shape index (κ2) is 7.75. The highest BCUT2D eigenvalue weighted by Gasteiger charge is 2.32. The van der Waals surface area contributed by atoms with E-state index >= 15 is 0 Å². The zero-order chi connectivity index (χ0) is 18.6. The summed E-state index contributed by atoms with van der Waals surface area (Å²) in [6, 6.07) is 11.3. The largest absolute Gasteiger partial charge is 0.478 e. The van der Waals surface area contributed by atoms with Crippen molar-refractivity contribution in [2.45, 2.75) is 19.1 Å². The molecule has 2 amide bonds. The van der Waals surface area contributed by atoms with Gasteiger partial charge in [0, 0.05) is 45.1 Å². The number of amides is 2. The van der Waals surface area contributed by atoms with Crippen molar-refractivity contribution in [3.05, 3.63) is 54.4 Å². The number of rotatable bonds is 4. The highest BCUT2D eigenvalue weighted by Crippen LogP contribution is 2.29. The van der Waals surface area contributed by atoms with Gasteiger partial charge in [-0.1, -0.05) is 12.1 Å². The van der Waals surface area contributed by atoms with E-state index in [0.717, 1.165) is 19.6 Å². The first-order valence-electron chi connectivity index (χ1n) is 9.14. The van der Waals surface area contributed by atoms with Crippen LogP contribution in [0.2, 0.25) is 0 Å². The predicted molar refractivity (Wildman–Crippen MR) is 100 cm³/mol. The first kappa shape index (κ1) is 17.5. The molecule has 7 heteroatoms. The molecule has 1 N–H and O–H groups in total. The van der Waals surface area contributed by atoms with Crippen molar-refractivity contribution in [3.63, 3.8) is 0 Å². The molecular weight excluding hydrogens is 344 g/mol. The summed E-state index contributed by atoms with van der Waals surface area (Å²) in [4.78, 5) is 33.0. The molecule has 0 spiro atoms.